The molecule has 1 heterocycles. The van der Waals surface area contributed by atoms with Gasteiger partial charge < -0.3 is 10.1 Å². The van der Waals surface area contributed by atoms with Crippen LogP contribution in [-0.4, -0.2) is 23.0 Å². The summed E-state index contributed by atoms with van der Waals surface area (Å²) in [5.41, 5.74) is 1.31. The van der Waals surface area contributed by atoms with E-state index in [9.17, 15) is 9.59 Å². The zero-order valence-electron chi connectivity index (χ0n) is 15.4. The molecule has 2 aromatic carbocycles. The molecule has 0 spiro atoms. The third-order valence-electron chi connectivity index (χ3n) is 3.91. The highest BCUT2D eigenvalue weighted by molar-refractivity contribution is 7.99. The lowest BCUT2D eigenvalue weighted by Gasteiger charge is -2.14. The van der Waals surface area contributed by atoms with Gasteiger partial charge in [0.2, 0.25) is 0 Å². The van der Waals surface area contributed by atoms with Crippen LogP contribution in [0.25, 0.3) is 0 Å². The fourth-order valence-electron chi connectivity index (χ4n) is 2.43. The van der Waals surface area contributed by atoms with Crippen molar-refractivity contribution < 1.29 is 14.3 Å². The van der Waals surface area contributed by atoms with Crippen molar-refractivity contribution in [1.82, 2.24) is 10.3 Å². The van der Waals surface area contributed by atoms with Crippen LogP contribution in [0, 0.1) is 0 Å². The van der Waals surface area contributed by atoms with Crippen LogP contribution in [0.15, 0.2) is 88.9 Å². The number of nitrogens with one attached hydrogen (secondary N) is 1. The standard InChI is InChI=1S/C22H20N2O3S/c1-16(20(25)24-15-17-9-4-2-5-10-17)27-22(26)19-13-8-14-23-21(19)28-18-11-6-3-7-12-18/h2-14,16H,15H2,1H3,(H,24,25). The van der Waals surface area contributed by atoms with Gasteiger partial charge in [0.05, 0.1) is 5.56 Å². The molecule has 0 aliphatic heterocycles. The Morgan fingerprint density at radius 1 is 1.00 bits per heavy atom. The summed E-state index contributed by atoms with van der Waals surface area (Å²) >= 11 is 1.37. The Bertz CT molecular complexity index is 933. The van der Waals surface area contributed by atoms with Gasteiger partial charge in [0.1, 0.15) is 5.03 Å². The first-order valence-electron chi connectivity index (χ1n) is 8.84. The summed E-state index contributed by atoms with van der Waals surface area (Å²) < 4.78 is 5.36. The summed E-state index contributed by atoms with van der Waals surface area (Å²) in [5, 5.41) is 3.31. The Kier molecular flexibility index (Phi) is 6.81. The molecule has 5 nitrogen and oxygen atoms in total. The first kappa shape index (κ1) is 19.6. The monoisotopic (exact) mass is 392 g/mol. The van der Waals surface area contributed by atoms with E-state index in [-0.39, 0.29) is 5.91 Å². The second-order valence-electron chi connectivity index (χ2n) is 6.02. The molecule has 1 aromatic heterocycles. The molecule has 1 atom stereocenters. The molecule has 1 unspecified atom stereocenters. The van der Waals surface area contributed by atoms with E-state index >= 15 is 0 Å². The van der Waals surface area contributed by atoms with Gasteiger partial charge in [-0.1, -0.05) is 60.3 Å². The number of nitrogens with zero attached hydrogens (tertiary/aromatic N) is 1. The van der Waals surface area contributed by atoms with Crippen molar-refractivity contribution in [1.29, 1.82) is 0 Å². The number of esters is 1. The lowest BCUT2D eigenvalue weighted by Crippen LogP contribution is -2.35. The van der Waals surface area contributed by atoms with Crippen LogP contribution in [-0.2, 0) is 16.1 Å². The van der Waals surface area contributed by atoms with Crippen molar-refractivity contribution in [3.8, 4) is 0 Å². The molecular weight excluding hydrogens is 372 g/mol. The molecule has 28 heavy (non-hydrogen) atoms. The van der Waals surface area contributed by atoms with E-state index in [4.69, 9.17) is 4.74 Å². The Morgan fingerprint density at radius 3 is 2.39 bits per heavy atom. The predicted molar refractivity (Wildman–Crippen MR) is 108 cm³/mol. The second kappa shape index (κ2) is 9.71. The molecule has 3 aromatic rings. The van der Waals surface area contributed by atoms with Gasteiger partial charge in [-0.25, -0.2) is 9.78 Å². The summed E-state index contributed by atoms with van der Waals surface area (Å²) in [4.78, 5) is 30.1. The number of hydrogen-bond donors (Lipinski definition) is 1. The van der Waals surface area contributed by atoms with Crippen LogP contribution in [0.5, 0.6) is 0 Å². The van der Waals surface area contributed by atoms with Crippen LogP contribution < -0.4 is 5.32 Å². The summed E-state index contributed by atoms with van der Waals surface area (Å²) in [6.45, 7) is 1.93. The van der Waals surface area contributed by atoms with Crippen LogP contribution in [0.4, 0.5) is 0 Å². The molecule has 142 valence electrons. The molecule has 6 heteroatoms. The van der Waals surface area contributed by atoms with E-state index in [0.29, 0.717) is 17.1 Å². The Morgan fingerprint density at radius 2 is 1.68 bits per heavy atom. The number of ether oxygens (including phenoxy) is 1. The maximum Gasteiger partial charge on any atom is 0.341 e. The van der Waals surface area contributed by atoms with E-state index in [1.54, 1.807) is 25.3 Å². The van der Waals surface area contributed by atoms with E-state index in [1.165, 1.54) is 11.8 Å². The molecule has 0 aliphatic rings. The molecule has 1 amide bonds. The number of carbonyl (C=O) groups is 2. The Labute approximate surface area is 168 Å². The van der Waals surface area contributed by atoms with Crippen molar-refractivity contribution >= 4 is 23.6 Å². The van der Waals surface area contributed by atoms with E-state index in [2.05, 4.69) is 10.3 Å². The fourth-order valence-corrected chi connectivity index (χ4v) is 3.33. The maximum absolute atomic E-state index is 12.6. The smallest absolute Gasteiger partial charge is 0.341 e. The van der Waals surface area contributed by atoms with Crippen molar-refractivity contribution in [3.05, 3.63) is 90.1 Å². The summed E-state index contributed by atoms with van der Waals surface area (Å²) in [5.74, 6) is -0.924. The van der Waals surface area contributed by atoms with Crippen molar-refractivity contribution in [2.24, 2.45) is 0 Å². The second-order valence-corrected chi connectivity index (χ2v) is 7.08. The number of rotatable bonds is 7. The first-order chi connectivity index (χ1) is 13.6. The van der Waals surface area contributed by atoms with Gasteiger partial charge in [0.25, 0.3) is 5.91 Å². The minimum atomic E-state index is -0.911. The number of aromatic nitrogens is 1. The maximum atomic E-state index is 12.6. The van der Waals surface area contributed by atoms with Gasteiger partial charge in [0, 0.05) is 17.6 Å². The van der Waals surface area contributed by atoms with E-state index in [1.807, 2.05) is 60.7 Å². The average Bonchev–Trinajstić information content (AvgIpc) is 2.73. The third-order valence-corrected chi connectivity index (χ3v) is 4.94. The van der Waals surface area contributed by atoms with Gasteiger partial charge in [-0.3, -0.25) is 4.79 Å². The van der Waals surface area contributed by atoms with Gasteiger partial charge in [0.15, 0.2) is 6.10 Å². The highest BCUT2D eigenvalue weighted by atomic mass is 32.2. The first-order valence-corrected chi connectivity index (χ1v) is 9.65. The van der Waals surface area contributed by atoms with Crippen molar-refractivity contribution in [3.63, 3.8) is 0 Å². The van der Waals surface area contributed by atoms with E-state index < -0.39 is 12.1 Å². The zero-order valence-corrected chi connectivity index (χ0v) is 16.2. The van der Waals surface area contributed by atoms with Crippen molar-refractivity contribution in [2.45, 2.75) is 29.5 Å². The molecule has 0 fully saturated rings. The lowest BCUT2D eigenvalue weighted by atomic mass is 10.2. The van der Waals surface area contributed by atoms with Gasteiger partial charge in [-0.15, -0.1) is 0 Å². The number of hydrogen-bond acceptors (Lipinski definition) is 5. The quantitative estimate of drug-likeness (QED) is 0.613. The molecule has 0 bridgehead atoms. The topological polar surface area (TPSA) is 68.3 Å². The Balaban J connectivity index is 1.61. The normalized spacial score (nSPS) is 11.5. The summed E-state index contributed by atoms with van der Waals surface area (Å²) in [6, 6.07) is 22.5. The van der Waals surface area contributed by atoms with E-state index in [0.717, 1.165) is 10.5 Å². The minimum absolute atomic E-state index is 0.332. The molecule has 0 radical (unpaired) electrons. The van der Waals surface area contributed by atoms with Crippen LogP contribution >= 0.6 is 11.8 Å². The molecule has 0 saturated heterocycles. The molecule has 3 rings (SSSR count). The van der Waals surface area contributed by atoms with Gasteiger partial charge >= 0.3 is 5.97 Å². The number of benzene rings is 2. The zero-order chi connectivity index (χ0) is 19.8. The molecular formula is C22H20N2O3S. The average molecular weight is 392 g/mol. The largest absolute Gasteiger partial charge is 0.449 e. The minimum Gasteiger partial charge on any atom is -0.449 e. The Hall–Kier alpha value is -3.12. The van der Waals surface area contributed by atoms with Crippen LogP contribution in [0.2, 0.25) is 0 Å². The molecule has 1 N–H and O–H groups in total. The fraction of sp³-hybridized carbons (Fsp3) is 0.136. The number of amides is 1. The van der Waals surface area contributed by atoms with Crippen LogP contribution in [0.3, 0.4) is 0 Å². The highest BCUT2D eigenvalue weighted by Gasteiger charge is 2.21. The summed E-state index contributed by atoms with van der Waals surface area (Å²) in [7, 11) is 0. The van der Waals surface area contributed by atoms with Crippen molar-refractivity contribution in [2.75, 3.05) is 0 Å². The molecule has 0 aliphatic carbocycles. The van der Waals surface area contributed by atoms with Gasteiger partial charge in [-0.2, -0.15) is 0 Å². The lowest BCUT2D eigenvalue weighted by molar-refractivity contribution is -0.129. The summed E-state index contributed by atoms with van der Waals surface area (Å²) in [6.07, 6.45) is 0.712. The number of pyridine rings is 1. The predicted octanol–water partition coefficient (Wildman–Crippen LogP) is 4.09. The SMILES string of the molecule is CC(OC(=O)c1cccnc1Sc1ccccc1)C(=O)NCc1ccccc1. The van der Waals surface area contributed by atoms with Gasteiger partial charge in [-0.05, 0) is 36.8 Å². The third kappa shape index (κ3) is 5.44. The van der Waals surface area contributed by atoms with Crippen LogP contribution in [0.1, 0.15) is 22.8 Å². The molecule has 0 saturated carbocycles. The highest BCUT2D eigenvalue weighted by Crippen LogP contribution is 2.28. The number of carbonyl (C=O) groups excluding carboxylic acids is 2.